The van der Waals surface area contributed by atoms with Crippen molar-refractivity contribution in [3.63, 3.8) is 0 Å². The lowest BCUT2D eigenvalue weighted by Crippen LogP contribution is -2.61. The van der Waals surface area contributed by atoms with Crippen molar-refractivity contribution in [1.29, 1.82) is 0 Å². The monoisotopic (exact) mass is 358 g/mol. The summed E-state index contributed by atoms with van der Waals surface area (Å²) in [5, 5.41) is 19.5. The second-order valence-electron chi connectivity index (χ2n) is 8.73. The van der Waals surface area contributed by atoms with Gasteiger partial charge >= 0.3 is 0 Å². The van der Waals surface area contributed by atoms with Crippen LogP contribution in [0.5, 0.6) is 0 Å². The zero-order chi connectivity index (χ0) is 18.2. The molecule has 2 fully saturated rings. The minimum atomic E-state index is -0.443. The lowest BCUT2D eigenvalue weighted by molar-refractivity contribution is -0.276. The summed E-state index contributed by atoms with van der Waals surface area (Å²) < 4.78 is 14.3. The van der Waals surface area contributed by atoms with E-state index in [9.17, 15) is 0 Å². The van der Waals surface area contributed by atoms with E-state index in [-0.39, 0.29) is 10.8 Å². The van der Waals surface area contributed by atoms with Gasteiger partial charge in [-0.3, -0.25) is 4.68 Å². The Balaban J connectivity index is 1.62. The van der Waals surface area contributed by atoms with E-state index < -0.39 is 5.79 Å². The number of hydrogen-bond donors (Lipinski definition) is 1. The van der Waals surface area contributed by atoms with Crippen LogP contribution >= 0.6 is 0 Å². The Morgan fingerprint density at radius 3 is 2.62 bits per heavy atom. The fraction of sp³-hybridized carbons (Fsp3) is 0.778. The number of hydrogen-bond acceptors (Lipinski definition) is 6. The first-order chi connectivity index (χ1) is 12.4. The molecule has 1 saturated carbocycles. The van der Waals surface area contributed by atoms with Crippen molar-refractivity contribution >= 4 is 0 Å². The molecular weight excluding hydrogens is 332 g/mol. The molecule has 0 radical (unpaired) electrons. The van der Waals surface area contributed by atoms with Gasteiger partial charge in [0.2, 0.25) is 0 Å². The van der Waals surface area contributed by atoms with E-state index in [1.165, 1.54) is 11.3 Å². The second-order valence-corrected chi connectivity index (χ2v) is 8.73. The van der Waals surface area contributed by atoms with Crippen LogP contribution in [0.1, 0.15) is 51.3 Å². The summed E-state index contributed by atoms with van der Waals surface area (Å²) in [5.74, 6) is 0.698. The van der Waals surface area contributed by atoms with Gasteiger partial charge in [-0.2, -0.15) is 5.10 Å². The number of nitrogens with zero attached hydrogens (tertiary/aromatic N) is 5. The highest BCUT2D eigenvalue weighted by molar-refractivity contribution is 5.58. The first-order valence-corrected chi connectivity index (χ1v) is 9.47. The zero-order valence-corrected chi connectivity index (χ0v) is 15.9. The molecule has 1 N–H and O–H groups in total. The summed E-state index contributed by atoms with van der Waals surface area (Å²) in [7, 11) is 1.98. The smallest absolute Gasteiger partial charge is 0.198 e. The van der Waals surface area contributed by atoms with Crippen molar-refractivity contribution in [1.82, 2.24) is 30.4 Å². The first kappa shape index (κ1) is 16.4. The fourth-order valence-corrected chi connectivity index (χ4v) is 6.02. The third kappa shape index (κ3) is 1.86. The van der Waals surface area contributed by atoms with Gasteiger partial charge in [0.25, 0.3) is 0 Å². The summed E-state index contributed by atoms with van der Waals surface area (Å²) in [6.45, 7) is 8.40. The number of fused-ring (bicyclic) bond motifs is 3. The van der Waals surface area contributed by atoms with Gasteiger partial charge < -0.3 is 9.47 Å². The van der Waals surface area contributed by atoms with Crippen LogP contribution in [0.3, 0.4) is 0 Å². The number of nitrogens with one attached hydrogen (secondary N) is 1. The summed E-state index contributed by atoms with van der Waals surface area (Å²) in [4.78, 5) is 0. The highest BCUT2D eigenvalue weighted by Crippen LogP contribution is 2.62. The standard InChI is InChI=1S/C18H26N6O2/c1-16(2)12-6-5-11-13(15-19-22-23-20-15)24(4)21-14(11)17(12,3)7-8-18(16)25-9-10-26-18/h12H,5-10H2,1-4H3,(H,19,20,22,23)/t12-,17?/m0/s1. The van der Waals surface area contributed by atoms with Gasteiger partial charge in [0.15, 0.2) is 11.6 Å². The van der Waals surface area contributed by atoms with Crippen LogP contribution < -0.4 is 0 Å². The van der Waals surface area contributed by atoms with Gasteiger partial charge in [-0.25, -0.2) is 5.10 Å². The van der Waals surface area contributed by atoms with E-state index in [1.54, 1.807) is 0 Å². The summed E-state index contributed by atoms with van der Waals surface area (Å²) in [6, 6.07) is 0. The topological polar surface area (TPSA) is 90.7 Å². The highest BCUT2D eigenvalue weighted by atomic mass is 16.7. The maximum Gasteiger partial charge on any atom is 0.198 e. The van der Waals surface area contributed by atoms with Gasteiger partial charge in [0, 0.05) is 29.9 Å². The summed E-state index contributed by atoms with van der Waals surface area (Å²) in [6.07, 6.45) is 3.98. The van der Waals surface area contributed by atoms with Crippen molar-refractivity contribution in [2.24, 2.45) is 18.4 Å². The Morgan fingerprint density at radius 2 is 1.92 bits per heavy atom. The molecule has 0 aromatic carbocycles. The van der Waals surface area contributed by atoms with Crippen molar-refractivity contribution in [3.05, 3.63) is 11.3 Å². The molecule has 3 heterocycles. The molecule has 1 spiro atoms. The number of aryl methyl sites for hydroxylation is 1. The number of aromatic amines is 1. The molecule has 0 bridgehead atoms. The van der Waals surface area contributed by atoms with E-state index in [2.05, 4.69) is 41.4 Å². The Hall–Kier alpha value is -1.80. The minimum Gasteiger partial charge on any atom is -0.347 e. The van der Waals surface area contributed by atoms with Crippen LogP contribution in [0.4, 0.5) is 0 Å². The van der Waals surface area contributed by atoms with E-state index >= 15 is 0 Å². The molecule has 1 aliphatic heterocycles. The third-order valence-corrected chi connectivity index (χ3v) is 7.29. The van der Waals surface area contributed by atoms with E-state index in [4.69, 9.17) is 14.6 Å². The average Bonchev–Trinajstić information content (AvgIpc) is 3.32. The highest BCUT2D eigenvalue weighted by Gasteiger charge is 2.64. The van der Waals surface area contributed by atoms with Crippen LogP contribution in [0.15, 0.2) is 0 Å². The first-order valence-electron chi connectivity index (χ1n) is 9.47. The van der Waals surface area contributed by atoms with Crippen molar-refractivity contribution in [2.45, 2.75) is 57.7 Å². The lowest BCUT2D eigenvalue weighted by atomic mass is 9.49. The fourth-order valence-electron chi connectivity index (χ4n) is 6.02. The number of tetrazole rings is 1. The van der Waals surface area contributed by atoms with Gasteiger partial charge in [0.1, 0.15) is 5.69 Å². The number of rotatable bonds is 1. The van der Waals surface area contributed by atoms with E-state index in [0.717, 1.165) is 31.4 Å². The molecule has 2 aliphatic carbocycles. The predicted octanol–water partition coefficient (Wildman–Crippen LogP) is 1.98. The molecule has 3 aliphatic rings. The number of aromatic nitrogens is 6. The van der Waals surface area contributed by atoms with E-state index in [0.29, 0.717) is 25.0 Å². The molecule has 26 heavy (non-hydrogen) atoms. The van der Waals surface area contributed by atoms with Crippen LogP contribution in [0.25, 0.3) is 11.5 Å². The Morgan fingerprint density at radius 1 is 1.15 bits per heavy atom. The molecule has 1 saturated heterocycles. The Labute approximate surface area is 152 Å². The Kier molecular flexibility index (Phi) is 3.23. The maximum atomic E-state index is 6.19. The molecule has 2 atom stereocenters. The normalized spacial score (nSPS) is 31.8. The number of H-pyrrole nitrogens is 1. The van der Waals surface area contributed by atoms with Gasteiger partial charge in [0.05, 0.1) is 18.9 Å². The van der Waals surface area contributed by atoms with E-state index in [1.807, 2.05) is 11.7 Å². The number of ether oxygens (including phenoxy) is 2. The average molecular weight is 358 g/mol. The molecule has 5 rings (SSSR count). The lowest BCUT2D eigenvalue weighted by Gasteiger charge is -2.59. The van der Waals surface area contributed by atoms with Crippen LogP contribution in [-0.2, 0) is 28.4 Å². The summed E-state index contributed by atoms with van der Waals surface area (Å²) in [5.41, 5.74) is 3.42. The molecule has 0 amide bonds. The van der Waals surface area contributed by atoms with Crippen LogP contribution in [0.2, 0.25) is 0 Å². The maximum absolute atomic E-state index is 6.19. The van der Waals surface area contributed by atoms with Crippen LogP contribution in [-0.4, -0.2) is 49.4 Å². The SMILES string of the molecule is Cn1nc2c(c1-c1nnn[nH]1)CC[C@@H]1C2(C)CCC2(OCCO2)C1(C)C. The molecule has 2 aromatic rings. The molecular formula is C18H26N6O2. The van der Waals surface area contributed by atoms with Gasteiger partial charge in [-0.1, -0.05) is 20.8 Å². The molecule has 2 aromatic heterocycles. The molecule has 1 unspecified atom stereocenters. The quantitative estimate of drug-likeness (QED) is 0.838. The minimum absolute atomic E-state index is 0.00109. The van der Waals surface area contributed by atoms with Gasteiger partial charge in [-0.15, -0.1) is 5.10 Å². The summed E-state index contributed by atoms with van der Waals surface area (Å²) >= 11 is 0. The molecule has 8 nitrogen and oxygen atoms in total. The van der Waals surface area contributed by atoms with Gasteiger partial charge in [-0.05, 0) is 35.6 Å². The zero-order valence-electron chi connectivity index (χ0n) is 15.9. The van der Waals surface area contributed by atoms with Crippen molar-refractivity contribution < 1.29 is 9.47 Å². The molecule has 8 heteroatoms. The third-order valence-electron chi connectivity index (χ3n) is 7.29. The van der Waals surface area contributed by atoms with Crippen LogP contribution in [0, 0.1) is 11.3 Å². The van der Waals surface area contributed by atoms with Crippen molar-refractivity contribution in [3.8, 4) is 11.5 Å². The van der Waals surface area contributed by atoms with Crippen molar-refractivity contribution in [2.75, 3.05) is 13.2 Å². The largest absolute Gasteiger partial charge is 0.347 e. The Bertz CT molecular complexity index is 836. The second kappa shape index (κ2) is 5.13. The predicted molar refractivity (Wildman–Crippen MR) is 93.2 cm³/mol. The molecule has 140 valence electrons.